The fraction of sp³-hybridized carbons (Fsp3) is 0.538. The van der Waals surface area contributed by atoms with Crippen molar-refractivity contribution in [3.63, 3.8) is 0 Å². The molecule has 1 unspecified atom stereocenters. The van der Waals surface area contributed by atoms with Crippen LogP contribution in [-0.4, -0.2) is 43.1 Å². The van der Waals surface area contributed by atoms with Gasteiger partial charge in [-0.15, -0.1) is 0 Å². The lowest BCUT2D eigenvalue weighted by molar-refractivity contribution is 0.372. The topological polar surface area (TPSA) is 43.2 Å². The lowest BCUT2D eigenvalue weighted by Gasteiger charge is -2.31. The van der Waals surface area contributed by atoms with Crippen LogP contribution in [0.4, 0.5) is 5.82 Å². The Morgan fingerprint density at radius 3 is 2.67 bits per heavy atom. The summed E-state index contributed by atoms with van der Waals surface area (Å²) in [5.41, 5.74) is 0.470. The molecular weight excluding hydrogens is 248 g/mol. The Hall–Kier alpha value is -1.31. The molecule has 5 heteroatoms. The number of aromatic nitrogens is 1. The summed E-state index contributed by atoms with van der Waals surface area (Å²) in [4.78, 5) is 8.55. The van der Waals surface area contributed by atoms with Crippen LogP contribution in [0.2, 0.25) is 5.02 Å². The molecule has 0 saturated heterocycles. The molecule has 0 aliphatic carbocycles. The Labute approximate surface area is 114 Å². The number of nitriles is 1. The highest BCUT2D eigenvalue weighted by molar-refractivity contribution is 6.34. The molecule has 0 aliphatic heterocycles. The first-order valence-corrected chi connectivity index (χ1v) is 6.35. The Kier molecular flexibility index (Phi) is 5.39. The summed E-state index contributed by atoms with van der Waals surface area (Å²) in [5.74, 6) is 0.688. The van der Waals surface area contributed by atoms with Gasteiger partial charge < -0.3 is 9.80 Å². The summed E-state index contributed by atoms with van der Waals surface area (Å²) < 4.78 is 0. The zero-order chi connectivity index (χ0) is 13.7. The SMILES string of the molecule is CCN(c1nccc(C#N)c1Cl)C(C)CN(C)C. The van der Waals surface area contributed by atoms with E-state index in [0.717, 1.165) is 13.1 Å². The first kappa shape index (κ1) is 14.7. The average molecular weight is 267 g/mol. The predicted molar refractivity (Wildman–Crippen MR) is 75.0 cm³/mol. The minimum Gasteiger partial charge on any atom is -0.352 e. The zero-order valence-corrected chi connectivity index (χ0v) is 12.1. The van der Waals surface area contributed by atoms with E-state index < -0.39 is 0 Å². The standard InChI is InChI=1S/C13H19ClN4/c1-5-18(10(2)9-17(3)4)13-12(14)11(8-15)6-7-16-13/h6-7,10H,5,9H2,1-4H3. The van der Waals surface area contributed by atoms with Gasteiger partial charge in [-0.2, -0.15) is 5.26 Å². The minimum absolute atomic E-state index is 0.281. The highest BCUT2D eigenvalue weighted by Gasteiger charge is 2.19. The van der Waals surface area contributed by atoms with E-state index >= 15 is 0 Å². The number of anilines is 1. The second-order valence-electron chi connectivity index (χ2n) is 4.51. The summed E-state index contributed by atoms with van der Waals surface area (Å²) in [6.45, 7) is 5.89. The molecule has 0 aromatic carbocycles. The van der Waals surface area contributed by atoms with Crippen LogP contribution in [0.25, 0.3) is 0 Å². The van der Waals surface area contributed by atoms with Crippen LogP contribution < -0.4 is 4.90 Å². The molecule has 0 saturated carbocycles. The number of nitrogens with zero attached hydrogens (tertiary/aromatic N) is 4. The number of rotatable bonds is 5. The van der Waals surface area contributed by atoms with E-state index in [1.54, 1.807) is 12.3 Å². The smallest absolute Gasteiger partial charge is 0.148 e. The minimum atomic E-state index is 0.281. The Bertz CT molecular complexity index is 439. The number of hydrogen-bond donors (Lipinski definition) is 0. The van der Waals surface area contributed by atoms with Gasteiger partial charge >= 0.3 is 0 Å². The lowest BCUT2D eigenvalue weighted by atomic mass is 10.2. The molecule has 1 atom stereocenters. The maximum absolute atomic E-state index is 8.99. The fourth-order valence-corrected chi connectivity index (χ4v) is 2.28. The van der Waals surface area contributed by atoms with Gasteiger partial charge in [0.2, 0.25) is 0 Å². The fourth-order valence-electron chi connectivity index (χ4n) is 2.02. The third-order valence-electron chi connectivity index (χ3n) is 2.77. The number of halogens is 1. The van der Waals surface area contributed by atoms with E-state index in [1.807, 2.05) is 14.1 Å². The average Bonchev–Trinajstić information content (AvgIpc) is 2.31. The molecule has 0 bridgehead atoms. The van der Waals surface area contributed by atoms with Crippen LogP contribution in [0.5, 0.6) is 0 Å². The molecule has 0 fully saturated rings. The molecule has 1 rings (SSSR count). The maximum atomic E-state index is 8.99. The molecule has 0 N–H and O–H groups in total. The van der Waals surface area contributed by atoms with E-state index in [4.69, 9.17) is 16.9 Å². The summed E-state index contributed by atoms with van der Waals surface area (Å²) in [5, 5.41) is 9.43. The van der Waals surface area contributed by atoms with E-state index in [0.29, 0.717) is 16.4 Å². The van der Waals surface area contributed by atoms with Gasteiger partial charge in [-0.3, -0.25) is 0 Å². The van der Waals surface area contributed by atoms with Crippen LogP contribution >= 0.6 is 11.6 Å². The summed E-state index contributed by atoms with van der Waals surface area (Å²) in [6.07, 6.45) is 1.63. The van der Waals surface area contributed by atoms with Gasteiger partial charge in [-0.05, 0) is 34.0 Å². The van der Waals surface area contributed by atoms with Gasteiger partial charge in [-0.25, -0.2) is 4.98 Å². The predicted octanol–water partition coefficient (Wildman–Crippen LogP) is 2.38. The van der Waals surface area contributed by atoms with Crippen molar-refractivity contribution in [2.75, 3.05) is 32.1 Å². The van der Waals surface area contributed by atoms with Gasteiger partial charge in [-0.1, -0.05) is 11.6 Å². The van der Waals surface area contributed by atoms with Gasteiger partial charge in [0.1, 0.15) is 16.9 Å². The molecule has 0 radical (unpaired) electrons. The molecule has 1 aromatic rings. The summed E-state index contributed by atoms with van der Waals surface area (Å²) >= 11 is 6.22. The Morgan fingerprint density at radius 2 is 2.17 bits per heavy atom. The van der Waals surface area contributed by atoms with Crippen molar-refractivity contribution in [3.8, 4) is 6.07 Å². The van der Waals surface area contributed by atoms with Crippen LogP contribution in [0.1, 0.15) is 19.4 Å². The van der Waals surface area contributed by atoms with Crippen molar-refractivity contribution in [1.29, 1.82) is 5.26 Å². The van der Waals surface area contributed by atoms with E-state index in [9.17, 15) is 0 Å². The highest BCUT2D eigenvalue weighted by Crippen LogP contribution is 2.27. The third-order valence-corrected chi connectivity index (χ3v) is 3.14. The highest BCUT2D eigenvalue weighted by atomic mass is 35.5. The first-order chi connectivity index (χ1) is 8.51. The Balaban J connectivity index is 3.06. The van der Waals surface area contributed by atoms with Crippen molar-refractivity contribution in [3.05, 3.63) is 22.8 Å². The van der Waals surface area contributed by atoms with Crippen molar-refractivity contribution in [2.24, 2.45) is 0 Å². The van der Waals surface area contributed by atoms with E-state index in [-0.39, 0.29) is 6.04 Å². The van der Waals surface area contributed by atoms with Crippen molar-refractivity contribution in [2.45, 2.75) is 19.9 Å². The number of hydrogen-bond acceptors (Lipinski definition) is 4. The van der Waals surface area contributed by atoms with Gasteiger partial charge in [0, 0.05) is 25.3 Å². The molecule has 0 aliphatic rings. The van der Waals surface area contributed by atoms with Crippen molar-refractivity contribution < 1.29 is 0 Å². The van der Waals surface area contributed by atoms with E-state index in [1.165, 1.54) is 0 Å². The van der Waals surface area contributed by atoms with Crippen LogP contribution in [-0.2, 0) is 0 Å². The summed E-state index contributed by atoms with van der Waals surface area (Å²) in [6, 6.07) is 4.00. The molecule has 0 amide bonds. The molecule has 1 heterocycles. The second kappa shape index (κ2) is 6.58. The Morgan fingerprint density at radius 1 is 1.50 bits per heavy atom. The van der Waals surface area contributed by atoms with Crippen LogP contribution in [0.3, 0.4) is 0 Å². The molecular formula is C13H19ClN4. The van der Waals surface area contributed by atoms with Gasteiger partial charge in [0.15, 0.2) is 0 Å². The molecule has 4 nitrogen and oxygen atoms in total. The van der Waals surface area contributed by atoms with Crippen LogP contribution in [0.15, 0.2) is 12.3 Å². The van der Waals surface area contributed by atoms with E-state index in [2.05, 4.69) is 34.7 Å². The maximum Gasteiger partial charge on any atom is 0.148 e. The van der Waals surface area contributed by atoms with Crippen molar-refractivity contribution >= 4 is 17.4 Å². The summed E-state index contributed by atoms with van der Waals surface area (Å²) in [7, 11) is 4.07. The van der Waals surface area contributed by atoms with Gasteiger partial charge in [0.05, 0.1) is 5.56 Å². The third kappa shape index (κ3) is 3.34. The largest absolute Gasteiger partial charge is 0.352 e. The number of likely N-dealkylation sites (N-methyl/N-ethyl adjacent to an activating group) is 2. The second-order valence-corrected chi connectivity index (χ2v) is 4.88. The lowest BCUT2D eigenvalue weighted by Crippen LogP contribution is -2.40. The molecule has 0 spiro atoms. The zero-order valence-electron chi connectivity index (χ0n) is 11.3. The molecule has 1 aromatic heterocycles. The normalized spacial score (nSPS) is 12.3. The quantitative estimate of drug-likeness (QED) is 0.821. The first-order valence-electron chi connectivity index (χ1n) is 5.97. The monoisotopic (exact) mass is 266 g/mol. The van der Waals surface area contributed by atoms with Crippen molar-refractivity contribution in [1.82, 2.24) is 9.88 Å². The number of pyridine rings is 1. The molecule has 98 valence electrons. The molecule has 18 heavy (non-hydrogen) atoms. The van der Waals surface area contributed by atoms with Crippen LogP contribution in [0, 0.1) is 11.3 Å². The van der Waals surface area contributed by atoms with Gasteiger partial charge in [0.25, 0.3) is 0 Å².